The van der Waals surface area contributed by atoms with Crippen LogP contribution < -0.4 is 4.74 Å². The maximum absolute atomic E-state index is 12.7. The minimum Gasteiger partial charge on any atom is -0.465 e. The minimum atomic E-state index is -0.366. The summed E-state index contributed by atoms with van der Waals surface area (Å²) in [7, 11) is 0. The Hall–Kier alpha value is -1.87. The van der Waals surface area contributed by atoms with Gasteiger partial charge in [0.1, 0.15) is 11.5 Å². The monoisotopic (exact) mass is 392 g/mol. The Morgan fingerprint density at radius 3 is 2.48 bits per heavy atom. The van der Waals surface area contributed by atoms with Crippen LogP contribution in [0.2, 0.25) is 0 Å². The summed E-state index contributed by atoms with van der Waals surface area (Å²) in [5.74, 6) is 2.98. The molecule has 4 saturated carbocycles. The SMILES string of the molecule is CC(Oc1ccc(C(C)(C)C)c2ccccc12)OC1C2CC3CC(C2)C(=O)C1C3. The van der Waals surface area contributed by atoms with Crippen molar-refractivity contribution in [2.24, 2.45) is 23.7 Å². The third-order valence-corrected chi connectivity index (χ3v) is 7.39. The van der Waals surface area contributed by atoms with Gasteiger partial charge in [0.2, 0.25) is 0 Å². The van der Waals surface area contributed by atoms with Gasteiger partial charge in [-0.15, -0.1) is 0 Å². The van der Waals surface area contributed by atoms with Crippen molar-refractivity contribution in [1.82, 2.24) is 0 Å². The molecule has 0 aromatic heterocycles. The molecule has 0 amide bonds. The van der Waals surface area contributed by atoms with Crippen molar-refractivity contribution < 1.29 is 14.3 Å². The molecule has 4 bridgehead atoms. The van der Waals surface area contributed by atoms with E-state index in [0.29, 0.717) is 17.6 Å². The largest absolute Gasteiger partial charge is 0.465 e. The molecule has 0 spiro atoms. The van der Waals surface area contributed by atoms with Gasteiger partial charge in [0.15, 0.2) is 6.29 Å². The Labute approximate surface area is 173 Å². The molecule has 0 aliphatic heterocycles. The van der Waals surface area contributed by atoms with Crippen LogP contribution in [0.4, 0.5) is 0 Å². The van der Waals surface area contributed by atoms with E-state index < -0.39 is 0 Å². The second-order valence-electron chi connectivity index (χ2n) is 10.5. The van der Waals surface area contributed by atoms with Gasteiger partial charge in [0.25, 0.3) is 0 Å². The quantitative estimate of drug-likeness (QED) is 0.609. The minimum absolute atomic E-state index is 0.0328. The van der Waals surface area contributed by atoms with E-state index in [-0.39, 0.29) is 23.7 Å². The third-order valence-electron chi connectivity index (χ3n) is 7.39. The van der Waals surface area contributed by atoms with Crippen LogP contribution >= 0.6 is 0 Å². The van der Waals surface area contributed by atoms with Gasteiger partial charge in [-0.1, -0.05) is 51.1 Å². The lowest BCUT2D eigenvalue weighted by atomic mass is 9.54. The standard InChI is InChI=1S/C26H32O3/c1-15(29-25-18-12-16-11-17(14-18)24(27)21(25)13-16)28-23-10-9-22(26(2,3)4)19-7-5-6-8-20(19)23/h5-10,15-18,21,25H,11-14H2,1-4H3. The molecule has 2 aromatic rings. The normalized spacial score (nSPS) is 32.0. The van der Waals surface area contributed by atoms with Crippen LogP contribution in [0.5, 0.6) is 5.75 Å². The summed E-state index contributed by atoms with van der Waals surface area (Å²) < 4.78 is 12.7. The first-order valence-corrected chi connectivity index (χ1v) is 11.2. The maximum atomic E-state index is 12.7. The summed E-state index contributed by atoms with van der Waals surface area (Å²) in [5, 5.41) is 2.35. The number of ether oxygens (including phenoxy) is 2. The van der Waals surface area contributed by atoms with Crippen molar-refractivity contribution in [1.29, 1.82) is 0 Å². The van der Waals surface area contributed by atoms with Crippen LogP contribution in [-0.4, -0.2) is 18.2 Å². The molecule has 154 valence electrons. The zero-order chi connectivity index (χ0) is 20.3. The molecular weight excluding hydrogens is 360 g/mol. The van der Waals surface area contributed by atoms with Crippen molar-refractivity contribution in [2.75, 3.05) is 0 Å². The van der Waals surface area contributed by atoms with Crippen LogP contribution in [-0.2, 0) is 14.9 Å². The molecule has 6 atom stereocenters. The zero-order valence-corrected chi connectivity index (χ0v) is 18.0. The average Bonchev–Trinajstić information content (AvgIpc) is 2.67. The lowest BCUT2D eigenvalue weighted by Gasteiger charge is -2.53. The van der Waals surface area contributed by atoms with Crippen molar-refractivity contribution in [2.45, 2.75) is 71.2 Å². The Morgan fingerprint density at radius 2 is 1.72 bits per heavy atom. The van der Waals surface area contributed by atoms with Gasteiger partial charge in [-0.05, 0) is 66.9 Å². The van der Waals surface area contributed by atoms with Gasteiger partial charge >= 0.3 is 0 Å². The predicted octanol–water partition coefficient (Wildman–Crippen LogP) is 5.88. The number of benzene rings is 2. The molecule has 2 aromatic carbocycles. The molecule has 4 aliphatic carbocycles. The van der Waals surface area contributed by atoms with Gasteiger partial charge < -0.3 is 9.47 Å². The number of hydrogen-bond acceptors (Lipinski definition) is 3. The van der Waals surface area contributed by atoms with Crippen LogP contribution in [0.1, 0.15) is 58.9 Å². The summed E-state index contributed by atoms with van der Waals surface area (Å²) in [5.41, 5.74) is 1.39. The molecule has 0 N–H and O–H groups in total. The van der Waals surface area contributed by atoms with E-state index in [1.54, 1.807) is 0 Å². The van der Waals surface area contributed by atoms with E-state index in [1.807, 2.05) is 6.92 Å². The van der Waals surface area contributed by atoms with Crippen molar-refractivity contribution >= 4 is 16.6 Å². The molecule has 0 radical (unpaired) electrons. The number of rotatable bonds is 4. The lowest BCUT2D eigenvalue weighted by Crippen LogP contribution is -2.55. The highest BCUT2D eigenvalue weighted by Gasteiger charge is 2.54. The molecule has 6 unspecified atom stereocenters. The molecule has 3 nitrogen and oxygen atoms in total. The smallest absolute Gasteiger partial charge is 0.197 e. The molecule has 0 heterocycles. The highest BCUT2D eigenvalue weighted by molar-refractivity contribution is 5.91. The summed E-state index contributed by atoms with van der Waals surface area (Å²) in [6, 6.07) is 12.7. The highest BCUT2D eigenvalue weighted by Crippen LogP contribution is 2.53. The average molecular weight is 393 g/mol. The van der Waals surface area contributed by atoms with Crippen LogP contribution in [0.15, 0.2) is 36.4 Å². The first kappa shape index (κ1) is 19.1. The second kappa shape index (κ2) is 6.84. The van der Waals surface area contributed by atoms with E-state index in [0.717, 1.165) is 36.3 Å². The topological polar surface area (TPSA) is 35.5 Å². The molecule has 4 fully saturated rings. The third kappa shape index (κ3) is 3.28. The molecular formula is C26H32O3. The van der Waals surface area contributed by atoms with Gasteiger partial charge in [-0.25, -0.2) is 0 Å². The number of ketones is 1. The fraction of sp³-hybridized carbons (Fsp3) is 0.577. The summed E-state index contributed by atoms with van der Waals surface area (Å²) in [6.07, 6.45) is 4.05. The van der Waals surface area contributed by atoms with Crippen molar-refractivity contribution in [3.8, 4) is 5.75 Å². The van der Waals surface area contributed by atoms with Gasteiger partial charge in [-0.3, -0.25) is 4.79 Å². The van der Waals surface area contributed by atoms with E-state index in [9.17, 15) is 4.79 Å². The predicted molar refractivity (Wildman–Crippen MR) is 115 cm³/mol. The van der Waals surface area contributed by atoms with E-state index >= 15 is 0 Å². The first-order chi connectivity index (χ1) is 13.8. The van der Waals surface area contributed by atoms with Crippen LogP contribution in [0.25, 0.3) is 10.8 Å². The lowest BCUT2D eigenvalue weighted by molar-refractivity contribution is -0.193. The summed E-state index contributed by atoms with van der Waals surface area (Å²) >= 11 is 0. The zero-order valence-electron chi connectivity index (χ0n) is 18.0. The second-order valence-corrected chi connectivity index (χ2v) is 10.5. The van der Waals surface area contributed by atoms with Crippen LogP contribution in [0.3, 0.4) is 0 Å². The fourth-order valence-electron chi connectivity index (χ4n) is 6.24. The fourth-order valence-corrected chi connectivity index (χ4v) is 6.24. The van der Waals surface area contributed by atoms with Crippen molar-refractivity contribution in [3.63, 3.8) is 0 Å². The van der Waals surface area contributed by atoms with Gasteiger partial charge in [0, 0.05) is 17.2 Å². The number of Topliss-reactive ketones (excluding diaryl/α,β-unsaturated/α-hetero) is 1. The maximum Gasteiger partial charge on any atom is 0.197 e. The summed E-state index contributed by atoms with van der Waals surface area (Å²) in [6.45, 7) is 8.70. The van der Waals surface area contributed by atoms with E-state index in [2.05, 4.69) is 57.2 Å². The van der Waals surface area contributed by atoms with E-state index in [4.69, 9.17) is 9.47 Å². The van der Waals surface area contributed by atoms with Gasteiger partial charge in [-0.2, -0.15) is 0 Å². The first-order valence-electron chi connectivity index (χ1n) is 11.2. The molecule has 0 saturated heterocycles. The number of carbonyl (C=O) groups is 1. The Bertz CT molecular complexity index is 941. The number of hydrogen-bond donors (Lipinski definition) is 0. The molecule has 6 rings (SSSR count). The molecule has 3 heteroatoms. The number of carbonyl (C=O) groups excluding carboxylic acids is 1. The van der Waals surface area contributed by atoms with Crippen molar-refractivity contribution in [3.05, 3.63) is 42.0 Å². The molecule has 29 heavy (non-hydrogen) atoms. The Morgan fingerprint density at radius 1 is 0.966 bits per heavy atom. The van der Waals surface area contributed by atoms with Gasteiger partial charge in [0.05, 0.1) is 6.10 Å². The number of fused-ring (bicyclic) bond motifs is 1. The summed E-state index contributed by atoms with van der Waals surface area (Å²) in [4.78, 5) is 12.7. The highest BCUT2D eigenvalue weighted by atomic mass is 16.7. The Balaban J connectivity index is 1.37. The Kier molecular flexibility index (Phi) is 4.51. The van der Waals surface area contributed by atoms with E-state index in [1.165, 1.54) is 17.4 Å². The molecule has 4 aliphatic rings. The van der Waals surface area contributed by atoms with Crippen LogP contribution in [0, 0.1) is 23.7 Å².